The molecule has 0 aliphatic carbocycles. The number of hydrogen-bond acceptors (Lipinski definition) is 2. The Bertz CT molecular complexity index is 526. The molecule has 0 unspecified atom stereocenters. The van der Waals surface area contributed by atoms with E-state index in [9.17, 15) is 9.59 Å². The molecule has 4 nitrogen and oxygen atoms in total. The molecule has 1 aromatic rings. The van der Waals surface area contributed by atoms with Gasteiger partial charge in [0.25, 0.3) is 0 Å². The summed E-state index contributed by atoms with van der Waals surface area (Å²) in [6.45, 7) is 4.05. The summed E-state index contributed by atoms with van der Waals surface area (Å²) in [4.78, 5) is 24.0. The van der Waals surface area contributed by atoms with E-state index in [0.29, 0.717) is 6.54 Å². The maximum Gasteiger partial charge on any atom is 0.323 e. The second kappa shape index (κ2) is 7.85. The number of nitrogens with zero attached hydrogens (tertiary/aromatic N) is 1. The highest BCUT2D eigenvalue weighted by Crippen LogP contribution is 2.19. The van der Waals surface area contributed by atoms with E-state index >= 15 is 0 Å². The zero-order chi connectivity index (χ0) is 15.1. The van der Waals surface area contributed by atoms with Crippen LogP contribution in [0, 0.1) is 6.92 Å². The van der Waals surface area contributed by atoms with Crippen LogP contribution in [-0.4, -0.2) is 35.0 Å². The number of carboxylic acids is 1. The molecular weight excluding hydrogens is 322 g/mol. The molecule has 0 saturated heterocycles. The Hall–Kier alpha value is -1.62. The van der Waals surface area contributed by atoms with Crippen molar-refractivity contribution in [1.29, 1.82) is 0 Å². The predicted octanol–water partition coefficient (Wildman–Crippen LogP) is 3.09. The van der Waals surface area contributed by atoms with Gasteiger partial charge in [-0.05, 0) is 36.6 Å². The molecule has 0 bridgehead atoms. The molecule has 1 aromatic carbocycles. The smallest absolute Gasteiger partial charge is 0.323 e. The summed E-state index contributed by atoms with van der Waals surface area (Å²) in [6, 6.07) is 5.83. The summed E-state index contributed by atoms with van der Waals surface area (Å²) in [6.07, 6.45) is 3.82. The Balaban J connectivity index is 2.80. The first-order chi connectivity index (χ1) is 9.43. The summed E-state index contributed by atoms with van der Waals surface area (Å²) in [5, 5.41) is 8.79. The van der Waals surface area contributed by atoms with Gasteiger partial charge in [0.15, 0.2) is 0 Å². The van der Waals surface area contributed by atoms with Gasteiger partial charge in [-0.3, -0.25) is 9.59 Å². The molecule has 0 atom stereocenters. The van der Waals surface area contributed by atoms with Crippen molar-refractivity contribution in [1.82, 2.24) is 4.90 Å². The van der Waals surface area contributed by atoms with Crippen LogP contribution >= 0.6 is 15.9 Å². The van der Waals surface area contributed by atoms with E-state index in [-0.39, 0.29) is 12.5 Å². The first-order valence-corrected chi connectivity index (χ1v) is 7.18. The van der Waals surface area contributed by atoms with Gasteiger partial charge in [0, 0.05) is 17.1 Å². The van der Waals surface area contributed by atoms with Gasteiger partial charge in [-0.1, -0.05) is 35.0 Å². The molecule has 5 heteroatoms. The van der Waals surface area contributed by atoms with E-state index in [2.05, 4.69) is 15.9 Å². The molecule has 1 N–H and O–H groups in total. The molecule has 0 saturated carbocycles. The van der Waals surface area contributed by atoms with E-state index in [0.717, 1.165) is 22.0 Å². The van der Waals surface area contributed by atoms with E-state index in [4.69, 9.17) is 5.11 Å². The molecule has 0 heterocycles. The molecule has 0 spiro atoms. The van der Waals surface area contributed by atoms with Gasteiger partial charge in [-0.25, -0.2) is 0 Å². The van der Waals surface area contributed by atoms with Crippen molar-refractivity contribution < 1.29 is 14.7 Å². The maximum atomic E-state index is 12.0. The number of carboxylic acid groups (broad SMARTS) is 1. The fraction of sp³-hybridized carbons (Fsp3) is 0.333. The molecule has 0 aliphatic heterocycles. The van der Waals surface area contributed by atoms with Crippen molar-refractivity contribution in [2.45, 2.75) is 20.3 Å². The lowest BCUT2D eigenvalue weighted by Gasteiger charge is -2.17. The van der Waals surface area contributed by atoms with Crippen molar-refractivity contribution in [3.05, 3.63) is 39.9 Å². The average Bonchev–Trinajstić information content (AvgIpc) is 2.36. The minimum atomic E-state index is -1.00. The second-order valence-electron chi connectivity index (χ2n) is 4.51. The van der Waals surface area contributed by atoms with E-state index in [1.807, 2.05) is 32.0 Å². The highest BCUT2D eigenvalue weighted by atomic mass is 79.9. The Morgan fingerprint density at radius 2 is 2.10 bits per heavy atom. The normalized spacial score (nSPS) is 10.8. The number of halogens is 1. The SMILES string of the molecule is CCCN(CC(=O)O)C(=O)/C=C/c1ccc(C)cc1Br. The van der Waals surface area contributed by atoms with Crippen LogP contribution in [0.15, 0.2) is 28.7 Å². The highest BCUT2D eigenvalue weighted by Gasteiger charge is 2.13. The number of aliphatic carboxylic acids is 1. The van der Waals surface area contributed by atoms with Crippen molar-refractivity contribution in [2.24, 2.45) is 0 Å². The average molecular weight is 340 g/mol. The highest BCUT2D eigenvalue weighted by molar-refractivity contribution is 9.10. The summed E-state index contributed by atoms with van der Waals surface area (Å²) in [5.74, 6) is -1.29. The Labute approximate surface area is 127 Å². The first kappa shape index (κ1) is 16.4. The lowest BCUT2D eigenvalue weighted by atomic mass is 10.1. The second-order valence-corrected chi connectivity index (χ2v) is 5.37. The molecule has 0 aromatic heterocycles. The lowest BCUT2D eigenvalue weighted by Crippen LogP contribution is -2.35. The maximum absolute atomic E-state index is 12.0. The number of amides is 1. The van der Waals surface area contributed by atoms with Crippen molar-refractivity contribution in [3.8, 4) is 0 Å². The quantitative estimate of drug-likeness (QED) is 0.810. The van der Waals surface area contributed by atoms with E-state index in [1.54, 1.807) is 6.08 Å². The number of benzene rings is 1. The minimum Gasteiger partial charge on any atom is -0.480 e. The van der Waals surface area contributed by atoms with Crippen molar-refractivity contribution in [3.63, 3.8) is 0 Å². The number of rotatable bonds is 6. The zero-order valence-corrected chi connectivity index (χ0v) is 13.2. The summed E-state index contributed by atoms with van der Waals surface area (Å²) in [7, 11) is 0. The van der Waals surface area contributed by atoms with E-state index in [1.165, 1.54) is 11.0 Å². The number of carbonyl (C=O) groups is 2. The molecule has 0 aliphatic rings. The van der Waals surface area contributed by atoms with Crippen LogP contribution < -0.4 is 0 Å². The monoisotopic (exact) mass is 339 g/mol. The molecule has 1 rings (SSSR count). The van der Waals surface area contributed by atoms with Gasteiger partial charge in [0.1, 0.15) is 6.54 Å². The van der Waals surface area contributed by atoms with Gasteiger partial charge >= 0.3 is 5.97 Å². The number of carbonyl (C=O) groups excluding carboxylic acids is 1. The largest absolute Gasteiger partial charge is 0.480 e. The van der Waals surface area contributed by atoms with Gasteiger partial charge in [0.05, 0.1) is 0 Å². The van der Waals surface area contributed by atoms with Crippen molar-refractivity contribution >= 4 is 33.9 Å². The molecular formula is C15H18BrNO3. The van der Waals surface area contributed by atoms with Crippen LogP contribution in [0.1, 0.15) is 24.5 Å². The van der Waals surface area contributed by atoms with Crippen molar-refractivity contribution in [2.75, 3.05) is 13.1 Å². The Morgan fingerprint density at radius 3 is 2.65 bits per heavy atom. The van der Waals surface area contributed by atoms with Crippen LogP contribution in [0.3, 0.4) is 0 Å². The van der Waals surface area contributed by atoms with Gasteiger partial charge < -0.3 is 10.0 Å². The summed E-state index contributed by atoms with van der Waals surface area (Å²) in [5.41, 5.74) is 2.01. The van der Waals surface area contributed by atoms with Crippen LogP contribution in [0.5, 0.6) is 0 Å². The number of aryl methyl sites for hydroxylation is 1. The van der Waals surface area contributed by atoms with Crippen LogP contribution in [-0.2, 0) is 9.59 Å². The Kier molecular flexibility index (Phi) is 6.45. The predicted molar refractivity (Wildman–Crippen MR) is 82.4 cm³/mol. The molecule has 20 heavy (non-hydrogen) atoms. The fourth-order valence-electron chi connectivity index (χ4n) is 1.73. The number of hydrogen-bond donors (Lipinski definition) is 1. The van der Waals surface area contributed by atoms with Gasteiger partial charge in [0.2, 0.25) is 5.91 Å². The Morgan fingerprint density at radius 1 is 1.40 bits per heavy atom. The molecule has 0 fully saturated rings. The third kappa shape index (κ3) is 5.17. The standard InChI is InChI=1S/C15H18BrNO3/c1-3-8-17(10-15(19)20)14(18)7-6-12-5-4-11(2)9-13(12)16/h4-7,9H,3,8,10H2,1-2H3,(H,19,20)/b7-6+. The molecule has 1 amide bonds. The zero-order valence-electron chi connectivity index (χ0n) is 11.6. The van der Waals surface area contributed by atoms with Crippen LogP contribution in [0.2, 0.25) is 0 Å². The van der Waals surface area contributed by atoms with Crippen LogP contribution in [0.25, 0.3) is 6.08 Å². The third-order valence-electron chi connectivity index (χ3n) is 2.69. The van der Waals surface area contributed by atoms with E-state index < -0.39 is 5.97 Å². The third-order valence-corrected chi connectivity index (χ3v) is 3.38. The summed E-state index contributed by atoms with van der Waals surface area (Å²) < 4.78 is 0.904. The van der Waals surface area contributed by atoms with Crippen LogP contribution in [0.4, 0.5) is 0 Å². The lowest BCUT2D eigenvalue weighted by molar-refractivity contribution is -0.142. The van der Waals surface area contributed by atoms with Gasteiger partial charge in [-0.15, -0.1) is 0 Å². The first-order valence-electron chi connectivity index (χ1n) is 6.39. The molecule has 108 valence electrons. The molecule has 0 radical (unpaired) electrons. The van der Waals surface area contributed by atoms with Gasteiger partial charge in [-0.2, -0.15) is 0 Å². The summed E-state index contributed by atoms with van der Waals surface area (Å²) >= 11 is 3.44. The topological polar surface area (TPSA) is 57.6 Å². The fourth-order valence-corrected chi connectivity index (χ4v) is 2.36. The minimum absolute atomic E-state index is 0.272.